The molecule has 0 aliphatic heterocycles. The summed E-state index contributed by atoms with van der Waals surface area (Å²) in [6.45, 7) is 0. The second-order valence-electron chi connectivity index (χ2n) is 13.0. The molecule has 0 fully saturated rings. The summed E-state index contributed by atoms with van der Waals surface area (Å²) in [5, 5.41) is 3.62. The fraction of sp³-hybridized carbons (Fsp3) is 0.0435. The van der Waals surface area contributed by atoms with E-state index >= 15 is 0 Å². The number of nitrogens with zero attached hydrogens (tertiary/aromatic N) is 4. The highest BCUT2D eigenvalue weighted by atomic mass is 15.2. The molecular weight excluding hydrogens is 609 g/mol. The van der Waals surface area contributed by atoms with E-state index in [2.05, 4.69) is 179 Å². The number of fused-ring (bicyclic) bond motifs is 6. The van der Waals surface area contributed by atoms with Crippen LogP contribution in [0.1, 0.15) is 17.7 Å². The summed E-state index contributed by atoms with van der Waals surface area (Å²) in [6, 6.07) is 56.1. The van der Waals surface area contributed by atoms with Crippen molar-refractivity contribution in [2.75, 3.05) is 0 Å². The fourth-order valence-corrected chi connectivity index (χ4v) is 7.73. The molecule has 0 unspecified atom stereocenters. The molecule has 0 spiro atoms. The third-order valence-electron chi connectivity index (χ3n) is 10.0. The van der Waals surface area contributed by atoms with Gasteiger partial charge in [0.05, 0.1) is 22.2 Å². The largest absolute Gasteiger partial charge is 0.297 e. The first-order valence-corrected chi connectivity index (χ1v) is 17.2. The van der Waals surface area contributed by atoms with Gasteiger partial charge in [0.25, 0.3) is 0 Å². The summed E-state index contributed by atoms with van der Waals surface area (Å²) in [7, 11) is 0. The molecule has 9 aromatic rings. The molecule has 10 rings (SSSR count). The Morgan fingerprint density at radius 1 is 0.440 bits per heavy atom. The molecule has 0 bridgehead atoms. The van der Waals surface area contributed by atoms with Crippen molar-refractivity contribution in [2.24, 2.45) is 0 Å². The van der Waals surface area contributed by atoms with E-state index in [1.54, 1.807) is 0 Å². The standard InChI is InChI=1S/C46H32N4/c1-3-15-31(16-4-1)33-27-34(32-17-5-2-6-18-32)29-35(28-33)40-30-45(49-41-23-11-7-19-36(41)37-20-8-12-24-42(37)49)48-46(47-40)50-43-25-13-9-21-38(43)39-22-10-14-26-44(39)50/h1-11,13-23,25-30H,12,24H2. The van der Waals surface area contributed by atoms with E-state index in [0.717, 1.165) is 57.6 Å². The van der Waals surface area contributed by atoms with Gasteiger partial charge in [-0.15, -0.1) is 0 Å². The number of hydrogen-bond acceptors (Lipinski definition) is 2. The summed E-state index contributed by atoms with van der Waals surface area (Å²) in [4.78, 5) is 10.9. The maximum atomic E-state index is 5.45. The van der Waals surface area contributed by atoms with E-state index in [0.29, 0.717) is 5.95 Å². The minimum atomic E-state index is 0.652. The monoisotopic (exact) mass is 640 g/mol. The molecule has 3 heterocycles. The van der Waals surface area contributed by atoms with Gasteiger partial charge in [0, 0.05) is 39.0 Å². The molecule has 0 saturated heterocycles. The van der Waals surface area contributed by atoms with Crippen LogP contribution in [0.25, 0.3) is 84.1 Å². The second-order valence-corrected chi connectivity index (χ2v) is 13.0. The number of allylic oxidation sites excluding steroid dienone is 1. The van der Waals surface area contributed by atoms with E-state index in [1.807, 2.05) is 0 Å². The summed E-state index contributed by atoms with van der Waals surface area (Å²) >= 11 is 0. The SMILES string of the molecule is C1=Cc2c(n(-c3cc(-c4cc(-c5ccccc5)cc(-c5ccccc5)c4)nc(-n4c5ccccc5c5ccccc54)n3)c3ccccc23)CC1. The molecule has 0 radical (unpaired) electrons. The van der Waals surface area contributed by atoms with Gasteiger partial charge in [-0.05, 0) is 71.5 Å². The molecule has 0 amide bonds. The molecule has 0 saturated carbocycles. The fourth-order valence-electron chi connectivity index (χ4n) is 7.73. The highest BCUT2D eigenvalue weighted by Crippen LogP contribution is 2.38. The van der Waals surface area contributed by atoms with Crippen LogP contribution in [-0.2, 0) is 6.42 Å². The normalized spacial score (nSPS) is 12.6. The van der Waals surface area contributed by atoms with Crippen molar-refractivity contribution in [2.45, 2.75) is 12.8 Å². The van der Waals surface area contributed by atoms with Crippen LogP contribution in [0.4, 0.5) is 0 Å². The average Bonchev–Trinajstić information content (AvgIpc) is 3.71. The number of rotatable bonds is 5. The van der Waals surface area contributed by atoms with E-state index in [4.69, 9.17) is 9.97 Å². The highest BCUT2D eigenvalue weighted by molar-refractivity contribution is 6.09. The zero-order valence-corrected chi connectivity index (χ0v) is 27.4. The van der Waals surface area contributed by atoms with Crippen molar-refractivity contribution in [3.63, 3.8) is 0 Å². The Hall–Kier alpha value is -6.52. The maximum absolute atomic E-state index is 5.45. The van der Waals surface area contributed by atoms with Gasteiger partial charge in [-0.1, -0.05) is 127 Å². The minimum absolute atomic E-state index is 0.652. The van der Waals surface area contributed by atoms with Crippen molar-refractivity contribution >= 4 is 38.8 Å². The van der Waals surface area contributed by atoms with Crippen LogP contribution in [0, 0.1) is 0 Å². The van der Waals surface area contributed by atoms with Crippen LogP contribution in [0.5, 0.6) is 0 Å². The smallest absolute Gasteiger partial charge is 0.237 e. The Bertz CT molecular complexity index is 2640. The Morgan fingerprint density at radius 2 is 0.960 bits per heavy atom. The van der Waals surface area contributed by atoms with Gasteiger partial charge in [-0.3, -0.25) is 9.13 Å². The highest BCUT2D eigenvalue weighted by Gasteiger charge is 2.22. The summed E-state index contributed by atoms with van der Waals surface area (Å²) in [5.74, 6) is 1.52. The molecule has 4 heteroatoms. The lowest BCUT2D eigenvalue weighted by Gasteiger charge is -2.17. The molecule has 3 aromatic heterocycles. The number of hydrogen-bond donors (Lipinski definition) is 0. The third kappa shape index (κ3) is 4.61. The second kappa shape index (κ2) is 11.6. The predicted octanol–water partition coefficient (Wildman–Crippen LogP) is 11.5. The third-order valence-corrected chi connectivity index (χ3v) is 10.0. The molecule has 50 heavy (non-hydrogen) atoms. The van der Waals surface area contributed by atoms with E-state index in [9.17, 15) is 0 Å². The lowest BCUT2D eigenvalue weighted by atomic mass is 9.95. The molecule has 236 valence electrons. The van der Waals surface area contributed by atoms with E-state index in [1.165, 1.54) is 38.5 Å². The number of para-hydroxylation sites is 3. The molecule has 0 N–H and O–H groups in total. The van der Waals surface area contributed by atoms with Gasteiger partial charge in [-0.25, -0.2) is 4.98 Å². The van der Waals surface area contributed by atoms with Gasteiger partial charge < -0.3 is 0 Å². The van der Waals surface area contributed by atoms with Gasteiger partial charge in [0.2, 0.25) is 5.95 Å². The number of aromatic nitrogens is 4. The van der Waals surface area contributed by atoms with Crippen molar-refractivity contribution < 1.29 is 0 Å². The Balaban J connectivity index is 1.30. The van der Waals surface area contributed by atoms with Crippen molar-refractivity contribution in [3.05, 3.63) is 175 Å². The van der Waals surface area contributed by atoms with E-state index in [-0.39, 0.29) is 0 Å². The lowest BCUT2D eigenvalue weighted by molar-refractivity contribution is 0.856. The van der Waals surface area contributed by atoms with Gasteiger partial charge >= 0.3 is 0 Å². The van der Waals surface area contributed by atoms with Crippen LogP contribution in [0.15, 0.2) is 164 Å². The zero-order valence-electron chi connectivity index (χ0n) is 27.4. The molecule has 0 atom stereocenters. The van der Waals surface area contributed by atoms with Crippen molar-refractivity contribution in [1.29, 1.82) is 0 Å². The molecule has 4 nitrogen and oxygen atoms in total. The molecule has 6 aromatic carbocycles. The summed E-state index contributed by atoms with van der Waals surface area (Å²) in [6.07, 6.45) is 6.52. The quantitative estimate of drug-likeness (QED) is 0.188. The van der Waals surface area contributed by atoms with Crippen LogP contribution >= 0.6 is 0 Å². The Labute approximate surface area is 290 Å². The molecular formula is C46H32N4. The summed E-state index contributed by atoms with van der Waals surface area (Å²) in [5.41, 5.74) is 12.4. The predicted molar refractivity (Wildman–Crippen MR) is 207 cm³/mol. The molecule has 1 aliphatic rings. The van der Waals surface area contributed by atoms with Gasteiger partial charge in [0.15, 0.2) is 0 Å². The zero-order chi connectivity index (χ0) is 33.0. The first-order valence-electron chi connectivity index (χ1n) is 17.2. The van der Waals surface area contributed by atoms with Crippen LogP contribution in [-0.4, -0.2) is 19.1 Å². The minimum Gasteiger partial charge on any atom is -0.297 e. The van der Waals surface area contributed by atoms with Crippen molar-refractivity contribution in [3.8, 4) is 45.3 Å². The van der Waals surface area contributed by atoms with Crippen molar-refractivity contribution in [1.82, 2.24) is 19.1 Å². The summed E-state index contributed by atoms with van der Waals surface area (Å²) < 4.78 is 4.60. The Kier molecular flexibility index (Phi) is 6.59. The maximum Gasteiger partial charge on any atom is 0.237 e. The van der Waals surface area contributed by atoms with Crippen LogP contribution in [0.2, 0.25) is 0 Å². The molecule has 1 aliphatic carbocycles. The lowest BCUT2D eigenvalue weighted by Crippen LogP contribution is -2.10. The van der Waals surface area contributed by atoms with Gasteiger partial charge in [0.1, 0.15) is 5.82 Å². The topological polar surface area (TPSA) is 35.6 Å². The first kappa shape index (κ1) is 28.5. The Morgan fingerprint density at radius 3 is 1.58 bits per heavy atom. The average molecular weight is 641 g/mol. The van der Waals surface area contributed by atoms with Gasteiger partial charge in [-0.2, -0.15) is 4.98 Å². The first-order chi connectivity index (χ1) is 24.8. The van der Waals surface area contributed by atoms with Crippen LogP contribution in [0.3, 0.4) is 0 Å². The number of benzene rings is 6. The van der Waals surface area contributed by atoms with E-state index < -0.39 is 0 Å². The van der Waals surface area contributed by atoms with Crippen LogP contribution < -0.4 is 0 Å².